The fraction of sp³-hybridized carbons (Fsp3) is 0.273. The van der Waals surface area contributed by atoms with Crippen molar-refractivity contribution >= 4 is 11.3 Å². The van der Waals surface area contributed by atoms with Gasteiger partial charge in [0.2, 0.25) is 0 Å². The van der Waals surface area contributed by atoms with Crippen molar-refractivity contribution in [3.05, 3.63) is 94.2 Å². The Hall–Kier alpha value is -1.94. The minimum Gasteiger partial charge on any atom is -0.297 e. The second-order valence-corrected chi connectivity index (χ2v) is 7.45. The van der Waals surface area contributed by atoms with Gasteiger partial charge in [0.05, 0.1) is 6.04 Å². The van der Waals surface area contributed by atoms with E-state index in [0.29, 0.717) is 6.04 Å². The summed E-state index contributed by atoms with van der Waals surface area (Å²) < 4.78 is 0. The first-order valence-corrected chi connectivity index (χ1v) is 9.92. The van der Waals surface area contributed by atoms with Crippen molar-refractivity contribution in [1.29, 1.82) is 0 Å². The van der Waals surface area contributed by atoms with Crippen molar-refractivity contribution in [2.24, 2.45) is 0 Å². The highest BCUT2D eigenvalue weighted by molar-refractivity contribution is 7.07. The lowest BCUT2D eigenvalue weighted by Crippen LogP contribution is -2.47. The van der Waals surface area contributed by atoms with Crippen LogP contribution >= 0.6 is 11.3 Å². The van der Waals surface area contributed by atoms with Crippen LogP contribution in [-0.2, 0) is 6.54 Å². The third-order valence-electron chi connectivity index (χ3n) is 4.99. The normalized spacial score (nSPS) is 16.4. The standard InChI is InChI=1S/C22H24N2S/c1-3-7-20(8-4-1)22(21-9-5-2-6-10-21)24-14-12-23(13-15-24)17-19-11-16-25-18-19/h1-11,16,18,22H,12-15,17H2. The highest BCUT2D eigenvalue weighted by atomic mass is 32.1. The van der Waals surface area contributed by atoms with Gasteiger partial charge in [-0.1, -0.05) is 60.7 Å². The van der Waals surface area contributed by atoms with E-state index in [1.54, 1.807) is 11.3 Å². The van der Waals surface area contributed by atoms with Crippen LogP contribution in [0.15, 0.2) is 77.5 Å². The van der Waals surface area contributed by atoms with E-state index < -0.39 is 0 Å². The number of nitrogens with zero attached hydrogens (tertiary/aromatic N) is 2. The molecule has 3 heteroatoms. The monoisotopic (exact) mass is 348 g/mol. The zero-order valence-electron chi connectivity index (χ0n) is 14.4. The molecule has 4 rings (SSSR count). The number of piperazine rings is 1. The minimum absolute atomic E-state index is 0.352. The second-order valence-electron chi connectivity index (χ2n) is 6.67. The Kier molecular flexibility index (Phi) is 5.26. The molecule has 25 heavy (non-hydrogen) atoms. The molecular formula is C22H24N2S. The Labute approximate surface area is 154 Å². The Morgan fingerprint density at radius 2 is 1.36 bits per heavy atom. The van der Waals surface area contributed by atoms with Gasteiger partial charge in [-0.2, -0.15) is 11.3 Å². The van der Waals surface area contributed by atoms with E-state index in [0.717, 1.165) is 32.7 Å². The lowest BCUT2D eigenvalue weighted by Gasteiger charge is -2.39. The van der Waals surface area contributed by atoms with Crippen LogP contribution < -0.4 is 0 Å². The second kappa shape index (κ2) is 7.96. The molecule has 2 nitrogen and oxygen atoms in total. The Morgan fingerprint density at radius 3 is 1.88 bits per heavy atom. The Morgan fingerprint density at radius 1 is 0.760 bits per heavy atom. The topological polar surface area (TPSA) is 6.48 Å². The fourth-order valence-corrected chi connectivity index (χ4v) is 4.37. The maximum Gasteiger partial charge on any atom is 0.0602 e. The van der Waals surface area contributed by atoms with Gasteiger partial charge in [0.15, 0.2) is 0 Å². The third kappa shape index (κ3) is 4.01. The molecular weight excluding hydrogens is 324 g/mol. The minimum atomic E-state index is 0.352. The first kappa shape index (κ1) is 16.5. The summed E-state index contributed by atoms with van der Waals surface area (Å²) >= 11 is 1.79. The van der Waals surface area contributed by atoms with Crippen molar-refractivity contribution in [1.82, 2.24) is 9.80 Å². The smallest absolute Gasteiger partial charge is 0.0602 e. The molecule has 0 amide bonds. The van der Waals surface area contributed by atoms with Gasteiger partial charge < -0.3 is 0 Å². The molecule has 2 heterocycles. The summed E-state index contributed by atoms with van der Waals surface area (Å²) in [6.07, 6.45) is 0. The maximum atomic E-state index is 2.63. The van der Waals surface area contributed by atoms with E-state index in [2.05, 4.69) is 87.3 Å². The number of hydrogen-bond donors (Lipinski definition) is 0. The molecule has 0 bridgehead atoms. The van der Waals surface area contributed by atoms with Crippen LogP contribution in [0.25, 0.3) is 0 Å². The van der Waals surface area contributed by atoms with Crippen molar-refractivity contribution < 1.29 is 0 Å². The third-order valence-corrected chi connectivity index (χ3v) is 5.72. The summed E-state index contributed by atoms with van der Waals surface area (Å²) in [7, 11) is 0. The van der Waals surface area contributed by atoms with Crippen LogP contribution in [0.1, 0.15) is 22.7 Å². The quantitative estimate of drug-likeness (QED) is 0.662. The lowest BCUT2D eigenvalue weighted by molar-refractivity contribution is 0.105. The molecule has 1 aromatic heterocycles. The molecule has 0 spiro atoms. The molecule has 3 aromatic rings. The first-order valence-electron chi connectivity index (χ1n) is 8.97. The highest BCUT2D eigenvalue weighted by Gasteiger charge is 2.26. The van der Waals surface area contributed by atoms with E-state index in [9.17, 15) is 0 Å². The van der Waals surface area contributed by atoms with Crippen molar-refractivity contribution in [3.8, 4) is 0 Å². The summed E-state index contributed by atoms with van der Waals surface area (Å²) in [4.78, 5) is 5.21. The number of benzene rings is 2. The molecule has 1 fully saturated rings. The predicted octanol–water partition coefficient (Wildman–Crippen LogP) is 4.66. The molecule has 0 N–H and O–H groups in total. The van der Waals surface area contributed by atoms with Crippen LogP contribution in [0.2, 0.25) is 0 Å². The maximum absolute atomic E-state index is 2.63. The predicted molar refractivity (Wildman–Crippen MR) is 106 cm³/mol. The number of hydrogen-bond acceptors (Lipinski definition) is 3. The van der Waals surface area contributed by atoms with Gasteiger partial charge in [-0.3, -0.25) is 9.80 Å². The van der Waals surface area contributed by atoms with Gasteiger partial charge in [0, 0.05) is 32.7 Å². The summed E-state index contributed by atoms with van der Waals surface area (Å²) in [6, 6.07) is 24.4. The Balaban J connectivity index is 1.49. The summed E-state index contributed by atoms with van der Waals surface area (Å²) in [5.41, 5.74) is 4.22. The molecule has 0 saturated carbocycles. The lowest BCUT2D eigenvalue weighted by atomic mass is 9.96. The van der Waals surface area contributed by atoms with Crippen LogP contribution in [0.5, 0.6) is 0 Å². The van der Waals surface area contributed by atoms with Gasteiger partial charge in [0.25, 0.3) is 0 Å². The fourth-order valence-electron chi connectivity index (χ4n) is 3.71. The highest BCUT2D eigenvalue weighted by Crippen LogP contribution is 2.29. The molecule has 1 aliphatic rings. The molecule has 1 aliphatic heterocycles. The zero-order valence-corrected chi connectivity index (χ0v) is 15.2. The zero-order chi connectivity index (χ0) is 16.9. The molecule has 0 radical (unpaired) electrons. The molecule has 2 aromatic carbocycles. The van der Waals surface area contributed by atoms with Gasteiger partial charge in [-0.05, 0) is 33.5 Å². The SMILES string of the molecule is c1ccc(C(c2ccccc2)N2CCN(Cc3ccsc3)CC2)cc1. The van der Waals surface area contributed by atoms with Gasteiger partial charge in [0.1, 0.15) is 0 Å². The first-order chi connectivity index (χ1) is 12.4. The van der Waals surface area contributed by atoms with Crippen molar-refractivity contribution in [3.63, 3.8) is 0 Å². The van der Waals surface area contributed by atoms with E-state index in [4.69, 9.17) is 0 Å². The summed E-state index contributed by atoms with van der Waals surface area (Å²) in [5.74, 6) is 0. The van der Waals surface area contributed by atoms with Crippen molar-refractivity contribution in [2.45, 2.75) is 12.6 Å². The van der Waals surface area contributed by atoms with Crippen molar-refractivity contribution in [2.75, 3.05) is 26.2 Å². The van der Waals surface area contributed by atoms with E-state index in [1.165, 1.54) is 16.7 Å². The summed E-state index contributed by atoms with van der Waals surface area (Å²) in [6.45, 7) is 5.56. The largest absolute Gasteiger partial charge is 0.297 e. The summed E-state index contributed by atoms with van der Waals surface area (Å²) in [5, 5.41) is 4.44. The van der Waals surface area contributed by atoms with Gasteiger partial charge in [-0.15, -0.1) is 0 Å². The van der Waals surface area contributed by atoms with E-state index >= 15 is 0 Å². The van der Waals surface area contributed by atoms with Gasteiger partial charge >= 0.3 is 0 Å². The number of rotatable bonds is 5. The average molecular weight is 349 g/mol. The van der Waals surface area contributed by atoms with E-state index in [1.807, 2.05) is 0 Å². The van der Waals surface area contributed by atoms with E-state index in [-0.39, 0.29) is 0 Å². The molecule has 1 saturated heterocycles. The average Bonchev–Trinajstić information content (AvgIpc) is 3.18. The molecule has 0 atom stereocenters. The number of thiophene rings is 1. The molecule has 128 valence electrons. The van der Waals surface area contributed by atoms with Crippen LogP contribution in [0.3, 0.4) is 0 Å². The molecule has 0 aliphatic carbocycles. The Bertz CT molecular complexity index is 708. The van der Waals surface area contributed by atoms with Crippen LogP contribution in [0.4, 0.5) is 0 Å². The van der Waals surface area contributed by atoms with Crippen LogP contribution in [0, 0.1) is 0 Å². The van der Waals surface area contributed by atoms with Crippen LogP contribution in [-0.4, -0.2) is 36.0 Å². The van der Waals surface area contributed by atoms with Gasteiger partial charge in [-0.25, -0.2) is 0 Å². The molecule has 0 unspecified atom stereocenters.